The smallest absolute Gasteiger partial charge is 0.298 e. The number of hydrogen-bond acceptors (Lipinski definition) is 5. The lowest BCUT2D eigenvalue weighted by atomic mass is 10.2. The molecule has 0 spiro atoms. The van der Waals surface area contributed by atoms with Gasteiger partial charge in [0.25, 0.3) is 20.1 Å². The molecule has 2 aromatic carbocycles. The molecule has 0 radical (unpaired) electrons. The highest BCUT2D eigenvalue weighted by molar-refractivity contribution is 7.92. The average molecular weight is 378 g/mol. The van der Waals surface area contributed by atoms with Gasteiger partial charge in [0.05, 0.1) is 10.6 Å². The lowest BCUT2D eigenvalue weighted by Crippen LogP contribution is -2.13. The van der Waals surface area contributed by atoms with E-state index in [-0.39, 0.29) is 9.92 Å². The molecule has 0 saturated carbocycles. The molecule has 3 N–H and O–H groups in total. The van der Waals surface area contributed by atoms with Crippen molar-refractivity contribution in [3.63, 3.8) is 0 Å². The summed E-state index contributed by atoms with van der Waals surface area (Å²) in [5.74, 6) is -0.951. The molecule has 7 nitrogen and oxygen atoms in total. The normalized spacial score (nSPS) is 12.1. The van der Waals surface area contributed by atoms with Gasteiger partial charge in [-0.3, -0.25) is 9.27 Å². The third-order valence-electron chi connectivity index (χ3n) is 2.89. The first-order chi connectivity index (χ1) is 10.5. The molecule has 0 aliphatic heterocycles. The zero-order valence-electron chi connectivity index (χ0n) is 11.7. The van der Waals surface area contributed by atoms with Crippen LogP contribution in [-0.4, -0.2) is 26.5 Å². The fraction of sp³-hybridized carbons (Fsp3) is 0.0769. The number of aromatic hydroxyl groups is 1. The van der Waals surface area contributed by atoms with Crippen molar-refractivity contribution in [2.75, 3.05) is 4.72 Å². The van der Waals surface area contributed by atoms with E-state index in [4.69, 9.17) is 16.2 Å². The summed E-state index contributed by atoms with van der Waals surface area (Å²) in [4.78, 5) is -0.984. The predicted octanol–water partition coefficient (Wildman–Crippen LogP) is 2.40. The van der Waals surface area contributed by atoms with Gasteiger partial charge in [-0.1, -0.05) is 29.3 Å². The van der Waals surface area contributed by atoms with E-state index in [1.165, 1.54) is 12.1 Å². The van der Waals surface area contributed by atoms with Crippen LogP contribution in [0.4, 0.5) is 5.69 Å². The Morgan fingerprint density at radius 1 is 1.04 bits per heavy atom. The largest absolute Gasteiger partial charge is 0.504 e. The molecule has 0 aliphatic rings. The lowest BCUT2D eigenvalue weighted by Gasteiger charge is -2.12. The summed E-state index contributed by atoms with van der Waals surface area (Å²) in [6, 6.07) is 7.69. The standard InChI is InChI=1S/C13H12ClNO6S2/c1-8-2-4-10(5-3-8)22(17,18)15-11-6-9(14)7-12(13(11)16)23(19,20)21/h2-7,15-16H,1H3,(H,19,20,21). The van der Waals surface area contributed by atoms with Crippen LogP contribution in [-0.2, 0) is 20.1 Å². The summed E-state index contributed by atoms with van der Waals surface area (Å²) < 4.78 is 58.0. The van der Waals surface area contributed by atoms with E-state index >= 15 is 0 Å². The molecule has 2 aromatic rings. The van der Waals surface area contributed by atoms with Crippen LogP contribution >= 0.6 is 11.6 Å². The Morgan fingerprint density at radius 2 is 1.61 bits per heavy atom. The minimum Gasteiger partial charge on any atom is -0.504 e. The second kappa shape index (κ2) is 6.00. The zero-order valence-corrected chi connectivity index (χ0v) is 14.1. The number of anilines is 1. The Labute approximate surface area is 138 Å². The first-order valence-corrected chi connectivity index (χ1v) is 9.40. The van der Waals surface area contributed by atoms with Crippen molar-refractivity contribution in [3.8, 4) is 5.75 Å². The van der Waals surface area contributed by atoms with Crippen LogP contribution in [0.2, 0.25) is 5.02 Å². The molecule has 0 saturated heterocycles. The van der Waals surface area contributed by atoms with Gasteiger partial charge in [0.1, 0.15) is 4.90 Å². The lowest BCUT2D eigenvalue weighted by molar-refractivity contribution is 0.445. The molecular weight excluding hydrogens is 366 g/mol. The molecule has 2 rings (SSSR count). The van der Waals surface area contributed by atoms with Crippen LogP contribution in [0.5, 0.6) is 5.75 Å². The molecule has 0 amide bonds. The summed E-state index contributed by atoms with van der Waals surface area (Å²) in [7, 11) is -8.85. The maximum absolute atomic E-state index is 12.3. The SMILES string of the molecule is Cc1ccc(S(=O)(=O)Nc2cc(Cl)cc(S(=O)(=O)O)c2O)cc1. The van der Waals surface area contributed by atoms with Gasteiger partial charge >= 0.3 is 0 Å². The zero-order chi connectivity index (χ0) is 17.4. The highest BCUT2D eigenvalue weighted by atomic mass is 35.5. The van der Waals surface area contributed by atoms with Gasteiger partial charge in [0.15, 0.2) is 5.75 Å². The number of nitrogens with one attached hydrogen (secondary N) is 1. The molecule has 0 unspecified atom stereocenters. The molecule has 0 aliphatic carbocycles. The summed E-state index contributed by atoms with van der Waals surface area (Å²) in [5.41, 5.74) is 0.383. The fourth-order valence-corrected chi connectivity index (χ4v) is 3.74. The Bertz CT molecular complexity index is 953. The van der Waals surface area contributed by atoms with Crippen molar-refractivity contribution in [1.82, 2.24) is 0 Å². The van der Waals surface area contributed by atoms with Crippen molar-refractivity contribution in [3.05, 3.63) is 47.0 Å². The van der Waals surface area contributed by atoms with Gasteiger partial charge in [-0.2, -0.15) is 8.42 Å². The van der Waals surface area contributed by atoms with Crippen LogP contribution in [0.1, 0.15) is 5.56 Å². The number of aryl methyl sites for hydroxylation is 1. The third kappa shape index (κ3) is 3.94. The topological polar surface area (TPSA) is 121 Å². The van der Waals surface area contributed by atoms with Gasteiger partial charge in [-0.15, -0.1) is 0 Å². The van der Waals surface area contributed by atoms with E-state index in [1.807, 2.05) is 4.72 Å². The number of phenols is 1. The average Bonchev–Trinajstić information content (AvgIpc) is 2.41. The fourth-order valence-electron chi connectivity index (χ4n) is 1.77. The molecule has 0 aromatic heterocycles. The van der Waals surface area contributed by atoms with Crippen LogP contribution in [0.3, 0.4) is 0 Å². The van der Waals surface area contributed by atoms with Gasteiger partial charge in [-0.25, -0.2) is 8.42 Å². The van der Waals surface area contributed by atoms with Crippen LogP contribution in [0.15, 0.2) is 46.2 Å². The Balaban J connectivity index is 2.52. The highest BCUT2D eigenvalue weighted by Crippen LogP contribution is 2.35. The first kappa shape index (κ1) is 17.5. The summed E-state index contributed by atoms with van der Waals surface area (Å²) >= 11 is 5.70. The number of hydrogen-bond donors (Lipinski definition) is 3. The summed E-state index contributed by atoms with van der Waals surface area (Å²) in [5, 5.41) is 9.70. The Morgan fingerprint density at radius 3 is 2.13 bits per heavy atom. The maximum atomic E-state index is 12.3. The molecule has 0 heterocycles. The quantitative estimate of drug-likeness (QED) is 0.555. The number of rotatable bonds is 4. The monoisotopic (exact) mass is 377 g/mol. The first-order valence-electron chi connectivity index (χ1n) is 6.10. The minimum atomic E-state index is -4.77. The Hall–Kier alpha value is -1.81. The van der Waals surface area contributed by atoms with Gasteiger partial charge in [0.2, 0.25) is 0 Å². The van der Waals surface area contributed by atoms with Crippen molar-refractivity contribution in [2.24, 2.45) is 0 Å². The van der Waals surface area contributed by atoms with Crippen LogP contribution in [0, 0.1) is 6.92 Å². The van der Waals surface area contributed by atoms with E-state index in [0.29, 0.717) is 0 Å². The van der Waals surface area contributed by atoms with Crippen molar-refractivity contribution < 1.29 is 26.5 Å². The van der Waals surface area contributed by atoms with Gasteiger partial charge in [-0.05, 0) is 31.2 Å². The van der Waals surface area contributed by atoms with E-state index < -0.39 is 36.5 Å². The molecule has 0 bridgehead atoms. The van der Waals surface area contributed by atoms with Gasteiger partial charge < -0.3 is 5.11 Å². The maximum Gasteiger partial charge on any atom is 0.298 e. The van der Waals surface area contributed by atoms with Crippen molar-refractivity contribution in [1.29, 1.82) is 0 Å². The number of phenolic OH excluding ortho intramolecular Hbond substituents is 1. The van der Waals surface area contributed by atoms with Crippen molar-refractivity contribution in [2.45, 2.75) is 16.7 Å². The van der Waals surface area contributed by atoms with Crippen LogP contribution in [0.25, 0.3) is 0 Å². The third-order valence-corrected chi connectivity index (χ3v) is 5.36. The second-order valence-corrected chi connectivity index (χ2v) is 8.20. The molecule has 0 fully saturated rings. The molecule has 0 atom stereocenters. The number of halogens is 1. The van der Waals surface area contributed by atoms with E-state index in [0.717, 1.165) is 17.7 Å². The Kier molecular flexibility index (Phi) is 4.58. The van der Waals surface area contributed by atoms with E-state index in [2.05, 4.69) is 0 Å². The number of sulfonamides is 1. The molecule has 23 heavy (non-hydrogen) atoms. The minimum absolute atomic E-state index is 0.0871. The van der Waals surface area contributed by atoms with Crippen LogP contribution < -0.4 is 4.72 Å². The van der Waals surface area contributed by atoms with Gasteiger partial charge in [0, 0.05) is 5.02 Å². The van der Waals surface area contributed by atoms with E-state index in [9.17, 15) is 21.9 Å². The number of benzene rings is 2. The molecule has 10 heteroatoms. The molecule has 124 valence electrons. The predicted molar refractivity (Wildman–Crippen MR) is 84.9 cm³/mol. The second-order valence-electron chi connectivity index (χ2n) is 4.69. The highest BCUT2D eigenvalue weighted by Gasteiger charge is 2.23. The van der Waals surface area contributed by atoms with E-state index in [1.54, 1.807) is 19.1 Å². The molecular formula is C13H12ClNO6S2. The summed E-state index contributed by atoms with van der Waals surface area (Å²) in [6.07, 6.45) is 0. The summed E-state index contributed by atoms with van der Waals surface area (Å²) in [6.45, 7) is 1.78. The van der Waals surface area contributed by atoms with Crippen molar-refractivity contribution >= 4 is 37.4 Å².